The summed E-state index contributed by atoms with van der Waals surface area (Å²) in [6.07, 6.45) is -1.16. The number of nitriles is 1. The van der Waals surface area contributed by atoms with Gasteiger partial charge in [-0.1, -0.05) is 18.2 Å². The van der Waals surface area contributed by atoms with E-state index in [4.69, 9.17) is 9.47 Å². The van der Waals surface area contributed by atoms with E-state index >= 15 is 0 Å². The van der Waals surface area contributed by atoms with E-state index in [9.17, 15) is 10.4 Å². The molecule has 3 rings (SSSR count). The van der Waals surface area contributed by atoms with Crippen molar-refractivity contribution in [2.45, 2.75) is 18.4 Å². The molecule has 2 atom stereocenters. The smallest absolute Gasteiger partial charge is 0.136 e. The number of nitrogens with zero attached hydrogens (tertiary/aromatic N) is 2. The SMILES string of the molecule is COc1cccc(OC)c1C(O)C(C)(C#N)c1nc2ccccc2s1. The molecule has 3 aromatic rings. The summed E-state index contributed by atoms with van der Waals surface area (Å²) in [4.78, 5) is 4.57. The average molecular weight is 354 g/mol. The van der Waals surface area contributed by atoms with Crippen molar-refractivity contribution in [2.24, 2.45) is 0 Å². The number of hydrogen-bond acceptors (Lipinski definition) is 6. The maximum absolute atomic E-state index is 11.1. The molecule has 2 aromatic carbocycles. The van der Waals surface area contributed by atoms with Crippen LogP contribution in [0.25, 0.3) is 10.2 Å². The quantitative estimate of drug-likeness (QED) is 0.754. The summed E-state index contributed by atoms with van der Waals surface area (Å²) >= 11 is 1.40. The number of rotatable bonds is 5. The van der Waals surface area contributed by atoms with Crippen LogP contribution in [-0.2, 0) is 5.41 Å². The molecule has 6 heteroatoms. The highest BCUT2D eigenvalue weighted by atomic mass is 32.1. The fraction of sp³-hybridized carbons (Fsp3) is 0.263. The van der Waals surface area contributed by atoms with Gasteiger partial charge in [-0.3, -0.25) is 0 Å². The Bertz CT molecular complexity index is 892. The van der Waals surface area contributed by atoms with E-state index in [1.807, 2.05) is 24.3 Å². The van der Waals surface area contributed by atoms with Crippen LogP contribution in [0.4, 0.5) is 0 Å². The first-order chi connectivity index (χ1) is 12.0. The lowest BCUT2D eigenvalue weighted by Crippen LogP contribution is -2.29. The van der Waals surface area contributed by atoms with Gasteiger partial charge in [0.2, 0.25) is 0 Å². The highest BCUT2D eigenvalue weighted by molar-refractivity contribution is 7.18. The van der Waals surface area contributed by atoms with Gasteiger partial charge in [-0.15, -0.1) is 11.3 Å². The maximum Gasteiger partial charge on any atom is 0.136 e. The summed E-state index contributed by atoms with van der Waals surface area (Å²) in [5.41, 5.74) is 0.00460. The zero-order valence-corrected chi connectivity index (χ0v) is 15.0. The molecule has 0 radical (unpaired) electrons. The Morgan fingerprint density at radius 1 is 1.12 bits per heavy atom. The van der Waals surface area contributed by atoms with Gasteiger partial charge in [0.05, 0.1) is 36.1 Å². The Kier molecular flexibility index (Phi) is 4.62. The van der Waals surface area contributed by atoms with Crippen LogP contribution in [-0.4, -0.2) is 24.3 Å². The molecule has 0 bridgehead atoms. The largest absolute Gasteiger partial charge is 0.496 e. The van der Waals surface area contributed by atoms with Crippen LogP contribution in [0.5, 0.6) is 11.5 Å². The first-order valence-electron chi connectivity index (χ1n) is 7.71. The molecule has 2 unspecified atom stereocenters. The summed E-state index contributed by atoms with van der Waals surface area (Å²) in [5.74, 6) is 0.934. The first-order valence-corrected chi connectivity index (χ1v) is 8.53. The van der Waals surface area contributed by atoms with Gasteiger partial charge in [0, 0.05) is 0 Å². The zero-order valence-electron chi connectivity index (χ0n) is 14.2. The van der Waals surface area contributed by atoms with Gasteiger partial charge in [0.1, 0.15) is 28.0 Å². The number of benzene rings is 2. The number of para-hydroxylation sites is 1. The molecule has 0 saturated carbocycles. The Morgan fingerprint density at radius 3 is 2.32 bits per heavy atom. The number of thiazole rings is 1. The predicted molar refractivity (Wildman–Crippen MR) is 97.1 cm³/mol. The van der Waals surface area contributed by atoms with Gasteiger partial charge in [0.15, 0.2) is 0 Å². The highest BCUT2D eigenvalue weighted by Gasteiger charge is 2.42. The zero-order chi connectivity index (χ0) is 18.0. The number of hydrogen-bond donors (Lipinski definition) is 1. The minimum atomic E-state index is -1.24. The topological polar surface area (TPSA) is 75.4 Å². The van der Waals surface area contributed by atoms with Gasteiger partial charge < -0.3 is 14.6 Å². The number of aliphatic hydroxyl groups excluding tert-OH is 1. The Balaban J connectivity index is 2.16. The van der Waals surface area contributed by atoms with Crippen molar-refractivity contribution in [3.05, 3.63) is 53.0 Å². The second kappa shape index (κ2) is 6.71. The molecule has 1 N–H and O–H groups in total. The lowest BCUT2D eigenvalue weighted by Gasteiger charge is -2.28. The molecule has 1 heterocycles. The highest BCUT2D eigenvalue weighted by Crippen LogP contribution is 2.45. The molecule has 0 aliphatic heterocycles. The molecule has 0 aliphatic rings. The second-order valence-corrected chi connectivity index (χ2v) is 6.81. The van der Waals surface area contributed by atoms with E-state index < -0.39 is 11.5 Å². The van der Waals surface area contributed by atoms with Crippen molar-refractivity contribution in [2.75, 3.05) is 14.2 Å². The molecule has 0 aliphatic carbocycles. The van der Waals surface area contributed by atoms with Crippen LogP contribution < -0.4 is 9.47 Å². The van der Waals surface area contributed by atoms with E-state index in [0.717, 1.165) is 10.2 Å². The van der Waals surface area contributed by atoms with Gasteiger partial charge in [-0.25, -0.2) is 4.98 Å². The van der Waals surface area contributed by atoms with Crippen molar-refractivity contribution < 1.29 is 14.6 Å². The molecule has 25 heavy (non-hydrogen) atoms. The van der Waals surface area contributed by atoms with Crippen molar-refractivity contribution in [3.8, 4) is 17.6 Å². The van der Waals surface area contributed by atoms with Crippen LogP contribution in [0.1, 0.15) is 23.6 Å². The third kappa shape index (κ3) is 2.82. The van der Waals surface area contributed by atoms with E-state index in [1.165, 1.54) is 25.6 Å². The van der Waals surface area contributed by atoms with E-state index in [2.05, 4.69) is 11.1 Å². The number of methoxy groups -OCH3 is 2. The average Bonchev–Trinajstić information content (AvgIpc) is 3.10. The van der Waals surface area contributed by atoms with E-state index in [1.54, 1.807) is 25.1 Å². The number of aromatic nitrogens is 1. The molecule has 5 nitrogen and oxygen atoms in total. The summed E-state index contributed by atoms with van der Waals surface area (Å²) in [6, 6.07) is 15.1. The van der Waals surface area contributed by atoms with Crippen LogP contribution in [0.2, 0.25) is 0 Å². The number of aliphatic hydroxyl groups is 1. The van der Waals surface area contributed by atoms with Crippen LogP contribution in [0.15, 0.2) is 42.5 Å². The van der Waals surface area contributed by atoms with Gasteiger partial charge in [0.25, 0.3) is 0 Å². The van der Waals surface area contributed by atoms with Gasteiger partial charge in [-0.2, -0.15) is 5.26 Å². The molecule has 128 valence electrons. The molecule has 0 fully saturated rings. The third-order valence-corrected chi connectivity index (χ3v) is 5.53. The third-order valence-electron chi connectivity index (χ3n) is 4.26. The Labute approximate surface area is 150 Å². The molecule has 0 saturated heterocycles. The fourth-order valence-corrected chi connectivity index (χ4v) is 3.84. The number of fused-ring (bicyclic) bond motifs is 1. The van der Waals surface area contributed by atoms with Gasteiger partial charge >= 0.3 is 0 Å². The second-order valence-electron chi connectivity index (χ2n) is 5.78. The van der Waals surface area contributed by atoms with Crippen LogP contribution in [0, 0.1) is 11.3 Å². The summed E-state index contributed by atoms with van der Waals surface area (Å²) in [5, 5.41) is 21.6. The van der Waals surface area contributed by atoms with Crippen molar-refractivity contribution in [1.82, 2.24) is 4.98 Å². The Morgan fingerprint density at radius 2 is 1.76 bits per heavy atom. The lowest BCUT2D eigenvalue weighted by atomic mass is 9.82. The fourth-order valence-electron chi connectivity index (χ4n) is 2.76. The molecule has 0 amide bonds. The normalized spacial score (nSPS) is 14.5. The molecule has 1 aromatic heterocycles. The lowest BCUT2D eigenvalue weighted by molar-refractivity contribution is 0.113. The van der Waals surface area contributed by atoms with Crippen molar-refractivity contribution >= 4 is 21.6 Å². The number of ether oxygens (including phenoxy) is 2. The van der Waals surface area contributed by atoms with E-state index in [-0.39, 0.29) is 0 Å². The van der Waals surface area contributed by atoms with Gasteiger partial charge in [-0.05, 0) is 31.2 Å². The predicted octanol–water partition coefficient (Wildman–Crippen LogP) is 3.83. The monoisotopic (exact) mass is 354 g/mol. The van der Waals surface area contributed by atoms with Crippen LogP contribution >= 0.6 is 11.3 Å². The molecular formula is C19H18N2O3S. The molecular weight excluding hydrogens is 336 g/mol. The minimum Gasteiger partial charge on any atom is -0.496 e. The Hall–Kier alpha value is -2.62. The van der Waals surface area contributed by atoms with E-state index in [0.29, 0.717) is 22.1 Å². The first kappa shape index (κ1) is 17.2. The molecule has 0 spiro atoms. The standard InChI is InChI=1S/C19H18N2O3S/c1-19(11-20,18-21-12-7-4-5-10-15(12)25-18)17(22)16-13(23-2)8-6-9-14(16)24-3/h4-10,17,22H,1-3H3. The summed E-state index contributed by atoms with van der Waals surface area (Å²) in [7, 11) is 3.04. The van der Waals surface area contributed by atoms with Crippen molar-refractivity contribution in [1.29, 1.82) is 5.26 Å². The maximum atomic E-state index is 11.1. The summed E-state index contributed by atoms with van der Waals surface area (Å²) in [6.45, 7) is 1.68. The van der Waals surface area contributed by atoms with Crippen molar-refractivity contribution in [3.63, 3.8) is 0 Å². The van der Waals surface area contributed by atoms with Crippen LogP contribution in [0.3, 0.4) is 0 Å². The summed E-state index contributed by atoms with van der Waals surface area (Å²) < 4.78 is 11.7. The minimum absolute atomic E-state index is 0.441.